The molecule has 6 N–H and O–H groups in total. The molecule has 7 atom stereocenters. The second kappa shape index (κ2) is 43.8. The van der Waals surface area contributed by atoms with Crippen molar-refractivity contribution in [3.63, 3.8) is 0 Å². The minimum Gasteiger partial charge on any atom is -0.394 e. The Kier molecular flexibility index (Phi) is 40.9. The van der Waals surface area contributed by atoms with Crippen molar-refractivity contribution in [2.24, 2.45) is 0 Å². The van der Waals surface area contributed by atoms with Crippen LogP contribution in [0.4, 0.5) is 0 Å². The first-order valence-corrected chi connectivity index (χ1v) is 26.0. The van der Waals surface area contributed by atoms with Gasteiger partial charge >= 0.3 is 0 Å². The maximum Gasteiger partial charge on any atom is 0.224 e. The molecule has 1 heterocycles. The monoisotopic (exact) mass is 888 g/mol. The number of allylic oxidation sites excluding steroid dienone is 9. The van der Waals surface area contributed by atoms with Crippen LogP contribution in [0.25, 0.3) is 0 Å². The molecule has 0 aliphatic carbocycles. The number of aliphatic hydroxyl groups is 5. The fraction of sp³-hybridized carbons (Fsp3) is 0.796. The molecule has 0 aromatic carbocycles. The average molecular weight is 888 g/mol. The van der Waals surface area contributed by atoms with Gasteiger partial charge in [-0.1, -0.05) is 235 Å². The van der Waals surface area contributed by atoms with E-state index in [-0.39, 0.29) is 18.9 Å². The molecule has 0 radical (unpaired) electrons. The van der Waals surface area contributed by atoms with Crippen molar-refractivity contribution >= 4 is 5.91 Å². The number of amides is 1. The van der Waals surface area contributed by atoms with Crippen molar-refractivity contribution in [1.29, 1.82) is 0 Å². The summed E-state index contributed by atoms with van der Waals surface area (Å²) in [5.74, 6) is -0.271. The number of nitrogens with one attached hydrogen (secondary N) is 1. The highest BCUT2D eigenvalue weighted by molar-refractivity contribution is 5.77. The van der Waals surface area contributed by atoms with E-state index >= 15 is 0 Å². The predicted molar refractivity (Wildman–Crippen MR) is 262 cm³/mol. The summed E-state index contributed by atoms with van der Waals surface area (Å²) < 4.78 is 11.2. The molecule has 0 aromatic rings. The number of rotatable bonds is 43. The van der Waals surface area contributed by atoms with Gasteiger partial charge in [0.1, 0.15) is 24.4 Å². The number of aliphatic hydroxyl groups excluding tert-OH is 5. The highest BCUT2D eigenvalue weighted by Crippen LogP contribution is 2.23. The quantitative estimate of drug-likeness (QED) is 0.0262. The molecule has 0 saturated carbocycles. The van der Waals surface area contributed by atoms with E-state index in [4.69, 9.17) is 9.47 Å². The van der Waals surface area contributed by atoms with Crippen LogP contribution < -0.4 is 5.32 Å². The minimum atomic E-state index is -1.57. The molecule has 1 aliphatic heterocycles. The zero-order valence-corrected chi connectivity index (χ0v) is 40.3. The van der Waals surface area contributed by atoms with Crippen LogP contribution in [0.2, 0.25) is 0 Å². The molecule has 7 unspecified atom stereocenters. The molecular weight excluding hydrogens is 791 g/mol. The topological polar surface area (TPSA) is 149 Å². The Morgan fingerprint density at radius 1 is 0.540 bits per heavy atom. The number of hydrogen-bond acceptors (Lipinski definition) is 8. The Morgan fingerprint density at radius 2 is 0.921 bits per heavy atom. The molecule has 1 saturated heterocycles. The number of carbonyl (C=O) groups is 1. The van der Waals surface area contributed by atoms with Crippen LogP contribution in [0.1, 0.15) is 219 Å². The fourth-order valence-electron chi connectivity index (χ4n) is 8.05. The molecule has 0 aromatic heterocycles. The molecule has 0 spiro atoms. The maximum atomic E-state index is 12.9. The zero-order valence-electron chi connectivity index (χ0n) is 40.3. The molecule has 9 nitrogen and oxygen atoms in total. The van der Waals surface area contributed by atoms with Gasteiger partial charge in [0.2, 0.25) is 5.91 Å². The third-order valence-corrected chi connectivity index (χ3v) is 12.2. The highest BCUT2D eigenvalue weighted by atomic mass is 16.7. The van der Waals surface area contributed by atoms with E-state index in [2.05, 4.69) is 67.8 Å². The summed E-state index contributed by atoms with van der Waals surface area (Å²) in [6, 6.07) is -0.776. The van der Waals surface area contributed by atoms with E-state index in [9.17, 15) is 30.3 Å². The number of carbonyl (C=O) groups excluding carboxylic acids is 1. The largest absolute Gasteiger partial charge is 0.394 e. The Hall–Kier alpha value is -2.11. The molecular formula is C54H97NO8. The lowest BCUT2D eigenvalue weighted by Crippen LogP contribution is -2.60. The van der Waals surface area contributed by atoms with Gasteiger partial charge in [-0.15, -0.1) is 0 Å². The molecule has 63 heavy (non-hydrogen) atoms. The van der Waals surface area contributed by atoms with Gasteiger partial charge in [0.05, 0.1) is 25.4 Å². The molecule has 0 bridgehead atoms. The molecule has 1 rings (SSSR count). The number of unbranched alkanes of at least 4 members (excludes halogenated alkanes) is 24. The Balaban J connectivity index is 2.27. The van der Waals surface area contributed by atoms with E-state index in [0.717, 1.165) is 44.9 Å². The lowest BCUT2D eigenvalue weighted by molar-refractivity contribution is -0.302. The van der Waals surface area contributed by atoms with E-state index in [0.29, 0.717) is 12.8 Å². The third-order valence-electron chi connectivity index (χ3n) is 12.2. The summed E-state index contributed by atoms with van der Waals surface area (Å²) in [6.07, 6.45) is 51.3. The molecule has 1 amide bonds. The molecule has 366 valence electrons. The van der Waals surface area contributed by atoms with E-state index in [1.165, 1.54) is 141 Å². The Labute approximate surface area is 386 Å². The van der Waals surface area contributed by atoms with Gasteiger partial charge in [0.25, 0.3) is 0 Å². The summed E-state index contributed by atoms with van der Waals surface area (Å²) in [4.78, 5) is 12.9. The van der Waals surface area contributed by atoms with Gasteiger partial charge in [-0.3, -0.25) is 4.79 Å². The average Bonchev–Trinajstić information content (AvgIpc) is 3.28. The standard InChI is InChI=1S/C54H97NO8/c1-3-5-7-9-11-13-15-17-19-20-21-22-23-24-25-26-27-28-30-31-33-35-37-39-41-43-48(57)47(46-62-54-53(61)52(60)51(59)49(45-56)63-54)55-50(58)44-42-40-38-36-34-32-29-18-16-14-12-10-8-6-4-2/h6,8,12,14,18,29,34,36,40,42,47-49,51-54,56-57,59-61H,3-5,7,9-11,13,15-17,19-28,30-33,35,37-39,41,43-46H2,1-2H3,(H,55,58)/b8-6-,14-12-,29-18-,36-34-,42-40-. The van der Waals surface area contributed by atoms with Gasteiger partial charge in [0.15, 0.2) is 6.29 Å². The first kappa shape index (κ1) is 58.9. The van der Waals surface area contributed by atoms with Crippen LogP contribution in [0.3, 0.4) is 0 Å². The van der Waals surface area contributed by atoms with Crippen molar-refractivity contribution in [3.8, 4) is 0 Å². The molecule has 9 heteroatoms. The minimum absolute atomic E-state index is 0.135. The van der Waals surface area contributed by atoms with Crippen LogP contribution >= 0.6 is 0 Å². The van der Waals surface area contributed by atoms with Crippen LogP contribution in [-0.2, 0) is 14.3 Å². The van der Waals surface area contributed by atoms with Gasteiger partial charge in [-0.25, -0.2) is 0 Å². The second-order valence-electron chi connectivity index (χ2n) is 18.0. The third kappa shape index (κ3) is 33.9. The van der Waals surface area contributed by atoms with Crippen LogP contribution in [0, 0.1) is 0 Å². The summed E-state index contributed by atoms with van der Waals surface area (Å²) in [5, 5.41) is 54.4. The first-order valence-electron chi connectivity index (χ1n) is 26.0. The fourth-order valence-corrected chi connectivity index (χ4v) is 8.05. The van der Waals surface area contributed by atoms with Crippen molar-refractivity contribution in [1.82, 2.24) is 5.32 Å². The number of ether oxygens (including phenoxy) is 2. The first-order chi connectivity index (χ1) is 30.8. The summed E-state index contributed by atoms with van der Waals surface area (Å²) >= 11 is 0. The highest BCUT2D eigenvalue weighted by Gasteiger charge is 2.44. The van der Waals surface area contributed by atoms with E-state index in [1.54, 1.807) is 6.08 Å². The Morgan fingerprint density at radius 3 is 1.32 bits per heavy atom. The van der Waals surface area contributed by atoms with Crippen molar-refractivity contribution < 1.29 is 39.8 Å². The second-order valence-corrected chi connectivity index (χ2v) is 18.0. The zero-order chi connectivity index (χ0) is 45.9. The van der Waals surface area contributed by atoms with Crippen LogP contribution in [0.5, 0.6) is 0 Å². The Bertz CT molecular complexity index is 1170. The van der Waals surface area contributed by atoms with Crippen molar-refractivity contribution in [2.75, 3.05) is 13.2 Å². The number of hydrogen-bond donors (Lipinski definition) is 6. The molecule has 1 fully saturated rings. The smallest absolute Gasteiger partial charge is 0.224 e. The van der Waals surface area contributed by atoms with E-state index < -0.39 is 49.5 Å². The summed E-state index contributed by atoms with van der Waals surface area (Å²) in [7, 11) is 0. The van der Waals surface area contributed by atoms with Crippen LogP contribution in [0.15, 0.2) is 60.8 Å². The van der Waals surface area contributed by atoms with Gasteiger partial charge in [-0.2, -0.15) is 0 Å². The SMILES string of the molecule is CC/C=C\C/C=C\C/C=C\C/C=C\C/C=C\CC(=O)NC(COC1OC(CO)C(O)C(O)C1O)C(O)CCCCCCCCCCCCCCCCCCCCCCCCCCC. The predicted octanol–water partition coefficient (Wildman–Crippen LogP) is 12.0. The summed E-state index contributed by atoms with van der Waals surface area (Å²) in [5.41, 5.74) is 0. The van der Waals surface area contributed by atoms with Gasteiger partial charge < -0.3 is 40.3 Å². The van der Waals surface area contributed by atoms with Gasteiger partial charge in [0, 0.05) is 6.42 Å². The lowest BCUT2D eigenvalue weighted by Gasteiger charge is -2.40. The van der Waals surface area contributed by atoms with E-state index in [1.807, 2.05) is 6.08 Å². The van der Waals surface area contributed by atoms with Gasteiger partial charge in [-0.05, 0) is 38.5 Å². The normalized spacial score (nSPS) is 20.7. The maximum absolute atomic E-state index is 12.9. The van der Waals surface area contributed by atoms with Crippen LogP contribution in [-0.4, -0.2) is 87.5 Å². The summed E-state index contributed by atoms with van der Waals surface area (Å²) in [6.45, 7) is 3.67. The lowest BCUT2D eigenvalue weighted by atomic mass is 9.99. The van der Waals surface area contributed by atoms with Crippen molar-refractivity contribution in [2.45, 2.75) is 262 Å². The molecule has 1 aliphatic rings. The van der Waals surface area contributed by atoms with Crippen molar-refractivity contribution in [3.05, 3.63) is 60.8 Å².